The second kappa shape index (κ2) is 5.00. The van der Waals surface area contributed by atoms with E-state index in [0.717, 1.165) is 11.8 Å². The van der Waals surface area contributed by atoms with Crippen LogP contribution < -0.4 is 5.56 Å². The van der Waals surface area contributed by atoms with Gasteiger partial charge in [0, 0.05) is 11.3 Å². The molecule has 4 rings (SSSR count). The summed E-state index contributed by atoms with van der Waals surface area (Å²) in [6.45, 7) is 8.24. The Bertz CT molecular complexity index is 984. The summed E-state index contributed by atoms with van der Waals surface area (Å²) in [5.41, 5.74) is 0.680. The highest BCUT2D eigenvalue weighted by atomic mass is 16.4. The van der Waals surface area contributed by atoms with Crippen LogP contribution in [0, 0.1) is 5.41 Å². The zero-order chi connectivity index (χ0) is 17.1. The molecule has 0 saturated heterocycles. The Hall–Kier alpha value is -2.50. The first kappa shape index (κ1) is 15.1. The van der Waals surface area contributed by atoms with Crippen LogP contribution in [-0.4, -0.2) is 20.0 Å². The third-order valence-corrected chi connectivity index (χ3v) is 4.77. The summed E-state index contributed by atoms with van der Waals surface area (Å²) in [6, 6.07) is 7.36. The van der Waals surface area contributed by atoms with E-state index < -0.39 is 0 Å². The van der Waals surface area contributed by atoms with Gasteiger partial charge in [0.15, 0.2) is 5.69 Å². The fraction of sp³-hybridized carbons (Fsp3) is 0.444. The summed E-state index contributed by atoms with van der Waals surface area (Å²) >= 11 is 0. The summed E-state index contributed by atoms with van der Waals surface area (Å²) in [4.78, 5) is 12.6. The van der Waals surface area contributed by atoms with Crippen molar-refractivity contribution in [1.82, 2.24) is 20.0 Å². The minimum absolute atomic E-state index is 0.0504. The van der Waals surface area contributed by atoms with Crippen LogP contribution in [0.1, 0.15) is 52.0 Å². The minimum atomic E-state index is -0.104. The molecular formula is C18H20N4O2. The van der Waals surface area contributed by atoms with Crippen LogP contribution in [-0.2, 0) is 0 Å². The van der Waals surface area contributed by atoms with Crippen molar-refractivity contribution in [3.63, 3.8) is 0 Å². The first-order valence-electron chi connectivity index (χ1n) is 8.24. The van der Waals surface area contributed by atoms with Crippen molar-refractivity contribution in [2.45, 2.75) is 46.1 Å². The van der Waals surface area contributed by atoms with Gasteiger partial charge >= 0.3 is 0 Å². The molecule has 0 amide bonds. The zero-order valence-corrected chi connectivity index (χ0v) is 14.3. The zero-order valence-electron chi connectivity index (χ0n) is 14.3. The third-order valence-electron chi connectivity index (χ3n) is 4.77. The SMILES string of the molecule is CC(C)n1nc(-c2nnc([C@@H]3CC3(C)C)o2)c2ccccc2c1=O. The summed E-state index contributed by atoms with van der Waals surface area (Å²) in [7, 11) is 0. The molecule has 0 spiro atoms. The number of hydrogen-bond donors (Lipinski definition) is 0. The molecule has 1 saturated carbocycles. The van der Waals surface area contributed by atoms with Gasteiger partial charge in [0.2, 0.25) is 5.89 Å². The van der Waals surface area contributed by atoms with E-state index in [1.165, 1.54) is 4.68 Å². The van der Waals surface area contributed by atoms with E-state index in [4.69, 9.17) is 4.42 Å². The molecule has 1 fully saturated rings. The van der Waals surface area contributed by atoms with Crippen molar-refractivity contribution < 1.29 is 4.42 Å². The molecule has 0 radical (unpaired) electrons. The van der Waals surface area contributed by atoms with Gasteiger partial charge in [-0.15, -0.1) is 10.2 Å². The molecular weight excluding hydrogens is 304 g/mol. The number of fused-ring (bicyclic) bond motifs is 1. The lowest BCUT2D eigenvalue weighted by atomic mass is 10.1. The smallest absolute Gasteiger partial charge is 0.274 e. The van der Waals surface area contributed by atoms with E-state index in [-0.39, 0.29) is 17.0 Å². The van der Waals surface area contributed by atoms with E-state index in [0.29, 0.717) is 28.8 Å². The van der Waals surface area contributed by atoms with E-state index in [1.807, 2.05) is 38.1 Å². The second-order valence-electron chi connectivity index (χ2n) is 7.43. The minimum Gasteiger partial charge on any atom is -0.419 e. The van der Waals surface area contributed by atoms with Crippen molar-refractivity contribution in [3.05, 3.63) is 40.5 Å². The fourth-order valence-electron chi connectivity index (χ4n) is 3.07. The maximum absolute atomic E-state index is 12.6. The van der Waals surface area contributed by atoms with Crippen LogP contribution in [0.3, 0.4) is 0 Å². The average molecular weight is 324 g/mol. The van der Waals surface area contributed by atoms with Gasteiger partial charge in [-0.05, 0) is 31.7 Å². The van der Waals surface area contributed by atoms with Gasteiger partial charge in [0.05, 0.1) is 11.4 Å². The molecule has 2 aromatic heterocycles. The Kier molecular flexibility index (Phi) is 3.13. The summed E-state index contributed by atoms with van der Waals surface area (Å²) in [5, 5.41) is 14.3. The Morgan fingerprint density at radius 1 is 1.21 bits per heavy atom. The lowest BCUT2D eigenvalue weighted by molar-refractivity contribution is 0.469. The van der Waals surface area contributed by atoms with Crippen molar-refractivity contribution in [2.24, 2.45) is 5.41 Å². The largest absolute Gasteiger partial charge is 0.419 e. The highest BCUT2D eigenvalue weighted by molar-refractivity contribution is 5.91. The van der Waals surface area contributed by atoms with Gasteiger partial charge in [0.1, 0.15) is 0 Å². The number of benzene rings is 1. The third kappa shape index (κ3) is 2.25. The lowest BCUT2D eigenvalue weighted by Gasteiger charge is -2.11. The lowest BCUT2D eigenvalue weighted by Crippen LogP contribution is -2.25. The number of nitrogens with zero attached hydrogens (tertiary/aromatic N) is 4. The molecule has 3 aromatic rings. The Morgan fingerprint density at radius 3 is 2.50 bits per heavy atom. The van der Waals surface area contributed by atoms with Crippen LogP contribution >= 0.6 is 0 Å². The van der Waals surface area contributed by atoms with Crippen LogP contribution in [0.25, 0.3) is 22.4 Å². The monoisotopic (exact) mass is 324 g/mol. The predicted octanol–water partition coefficient (Wildman–Crippen LogP) is 3.54. The Balaban J connectivity index is 1.90. The van der Waals surface area contributed by atoms with E-state index >= 15 is 0 Å². The molecule has 0 aliphatic heterocycles. The van der Waals surface area contributed by atoms with Crippen LogP contribution in [0.5, 0.6) is 0 Å². The van der Waals surface area contributed by atoms with Gasteiger partial charge in [-0.25, -0.2) is 4.68 Å². The van der Waals surface area contributed by atoms with Gasteiger partial charge in [-0.1, -0.05) is 32.0 Å². The van der Waals surface area contributed by atoms with Crippen LogP contribution in [0.2, 0.25) is 0 Å². The molecule has 1 aliphatic carbocycles. The number of aromatic nitrogens is 4. The Labute approximate surface area is 139 Å². The quantitative estimate of drug-likeness (QED) is 0.736. The topological polar surface area (TPSA) is 73.8 Å². The molecule has 0 unspecified atom stereocenters. The molecule has 6 nitrogen and oxygen atoms in total. The highest BCUT2D eigenvalue weighted by Crippen LogP contribution is 2.58. The summed E-state index contributed by atoms with van der Waals surface area (Å²) in [6.07, 6.45) is 1.05. The maximum Gasteiger partial charge on any atom is 0.274 e. The van der Waals surface area contributed by atoms with Crippen molar-refractivity contribution in [1.29, 1.82) is 0 Å². The molecule has 2 heterocycles. The van der Waals surface area contributed by atoms with Gasteiger partial charge in [0.25, 0.3) is 11.4 Å². The standard InChI is InChI=1S/C18H20N4O2/c1-10(2)22-17(23)12-8-6-5-7-11(12)14(21-22)16-20-19-15(24-16)13-9-18(13,3)4/h5-8,10,13H,9H2,1-4H3/t13-/m0/s1. The normalized spacial score (nSPS) is 19.1. The van der Waals surface area contributed by atoms with E-state index in [1.54, 1.807) is 0 Å². The van der Waals surface area contributed by atoms with Crippen molar-refractivity contribution in [3.8, 4) is 11.6 Å². The van der Waals surface area contributed by atoms with Gasteiger partial charge in [-0.2, -0.15) is 5.10 Å². The first-order valence-corrected chi connectivity index (χ1v) is 8.24. The Morgan fingerprint density at radius 2 is 1.88 bits per heavy atom. The summed E-state index contributed by atoms with van der Waals surface area (Å²) in [5.74, 6) is 1.34. The van der Waals surface area contributed by atoms with Crippen molar-refractivity contribution >= 4 is 10.8 Å². The highest BCUT2D eigenvalue weighted by Gasteiger charge is 2.50. The molecule has 1 atom stereocenters. The molecule has 0 N–H and O–H groups in total. The van der Waals surface area contributed by atoms with Gasteiger partial charge in [-0.3, -0.25) is 4.79 Å². The molecule has 1 aromatic carbocycles. The molecule has 6 heteroatoms. The van der Waals surface area contributed by atoms with E-state index in [2.05, 4.69) is 29.1 Å². The van der Waals surface area contributed by atoms with E-state index in [9.17, 15) is 4.79 Å². The van der Waals surface area contributed by atoms with Gasteiger partial charge < -0.3 is 4.42 Å². The van der Waals surface area contributed by atoms with Crippen LogP contribution in [0.4, 0.5) is 0 Å². The predicted molar refractivity (Wildman–Crippen MR) is 90.8 cm³/mol. The first-order chi connectivity index (χ1) is 11.4. The molecule has 1 aliphatic rings. The average Bonchev–Trinajstić information content (AvgIpc) is 2.96. The number of rotatable bonds is 3. The van der Waals surface area contributed by atoms with Crippen LogP contribution in [0.15, 0.2) is 33.5 Å². The molecule has 24 heavy (non-hydrogen) atoms. The molecule has 0 bridgehead atoms. The molecule has 124 valence electrons. The summed E-state index contributed by atoms with van der Waals surface area (Å²) < 4.78 is 7.39. The van der Waals surface area contributed by atoms with Crippen molar-refractivity contribution in [2.75, 3.05) is 0 Å². The second-order valence-corrected chi connectivity index (χ2v) is 7.43. The fourth-order valence-corrected chi connectivity index (χ4v) is 3.07. The maximum atomic E-state index is 12.6. The number of hydrogen-bond acceptors (Lipinski definition) is 5.